The van der Waals surface area contributed by atoms with Crippen LogP contribution in [-0.2, 0) is 19.0 Å². The van der Waals surface area contributed by atoms with Gasteiger partial charge in [-0.15, -0.1) is 0 Å². The summed E-state index contributed by atoms with van der Waals surface area (Å²) in [6.07, 6.45) is 0.270. The van der Waals surface area contributed by atoms with Gasteiger partial charge in [-0.2, -0.15) is 0 Å². The number of esters is 1. The third-order valence-electron chi connectivity index (χ3n) is 6.35. The highest BCUT2D eigenvalue weighted by Crippen LogP contribution is 2.45. The molecule has 0 aliphatic carbocycles. The second kappa shape index (κ2) is 10.8. The lowest BCUT2D eigenvalue weighted by Crippen LogP contribution is -2.46. The Kier molecular flexibility index (Phi) is 8.04. The van der Waals surface area contributed by atoms with E-state index in [1.165, 1.54) is 19.4 Å². The van der Waals surface area contributed by atoms with Gasteiger partial charge in [-0.3, -0.25) is 4.79 Å². The molecule has 0 aromatic heterocycles. The maximum absolute atomic E-state index is 12.5. The van der Waals surface area contributed by atoms with E-state index in [-0.39, 0.29) is 30.4 Å². The maximum Gasteiger partial charge on any atom is 0.389 e. The molecule has 1 heterocycles. The topological polar surface area (TPSA) is 75.6 Å². The molecule has 0 N–H and O–H groups in total. The molecule has 3 rings (SSSR count). The lowest BCUT2D eigenvalue weighted by molar-refractivity contribution is -0.139. The Labute approximate surface area is 202 Å². The van der Waals surface area contributed by atoms with Crippen LogP contribution < -0.4 is 14.7 Å². The molecule has 0 saturated heterocycles. The van der Waals surface area contributed by atoms with Crippen LogP contribution in [0, 0.1) is 5.92 Å². The fourth-order valence-corrected chi connectivity index (χ4v) is 7.21. The van der Waals surface area contributed by atoms with Crippen molar-refractivity contribution in [3.8, 4) is 11.5 Å². The highest BCUT2D eigenvalue weighted by atomic mass is 28.3. The molecule has 0 bridgehead atoms. The molecule has 1 aliphatic heterocycles. The summed E-state index contributed by atoms with van der Waals surface area (Å²) in [6.45, 7) is 6.47. The van der Waals surface area contributed by atoms with Crippen molar-refractivity contribution in [1.29, 1.82) is 0 Å². The average molecular weight is 484 g/mol. The van der Waals surface area contributed by atoms with Gasteiger partial charge in [0.05, 0.1) is 40.9 Å². The number of aliphatic imine (C=N–C) groups is 1. The Bertz CT molecular complexity index is 1080. The van der Waals surface area contributed by atoms with E-state index < -0.39 is 8.07 Å². The van der Waals surface area contributed by atoms with Crippen LogP contribution in [-0.4, -0.2) is 48.6 Å². The Morgan fingerprint density at radius 3 is 2.26 bits per heavy atom. The van der Waals surface area contributed by atoms with Gasteiger partial charge in [-0.05, 0) is 11.3 Å². The standard InChI is InChI=1S/C26H33NO6Si/c1-17-23(19-14-11-15-20(29-2)25(19)31-4)27-26(32-5)33-24(17)21(16-22(28)30-3)34(6,7)18-12-9-8-10-13-18/h8-15,17,23H,16H2,1-7H3/b24-21-/t17-,23-/m0/s1. The summed E-state index contributed by atoms with van der Waals surface area (Å²) in [7, 11) is 3.79. The molecule has 182 valence electrons. The van der Waals surface area contributed by atoms with E-state index in [0.29, 0.717) is 17.3 Å². The molecule has 2 aromatic rings. The molecule has 7 nitrogen and oxygen atoms in total. The number of rotatable bonds is 7. The van der Waals surface area contributed by atoms with Gasteiger partial charge in [0.1, 0.15) is 13.8 Å². The monoisotopic (exact) mass is 483 g/mol. The van der Waals surface area contributed by atoms with Gasteiger partial charge in [0.25, 0.3) is 0 Å². The van der Waals surface area contributed by atoms with Crippen molar-refractivity contribution in [3.05, 3.63) is 65.0 Å². The van der Waals surface area contributed by atoms with Crippen LogP contribution in [0.25, 0.3) is 0 Å². The first-order valence-corrected chi connectivity index (χ1v) is 14.1. The largest absolute Gasteiger partial charge is 0.493 e. The third kappa shape index (κ3) is 4.96. The zero-order valence-corrected chi connectivity index (χ0v) is 21.9. The lowest BCUT2D eigenvalue weighted by atomic mass is 9.91. The number of hydrogen-bond donors (Lipinski definition) is 0. The van der Waals surface area contributed by atoms with Crippen LogP contribution in [0.2, 0.25) is 13.1 Å². The molecule has 0 amide bonds. The molecule has 1 aliphatic rings. The van der Waals surface area contributed by atoms with E-state index in [9.17, 15) is 4.79 Å². The van der Waals surface area contributed by atoms with Crippen LogP contribution in [0.4, 0.5) is 0 Å². The molecule has 2 atom stereocenters. The summed E-state index contributed by atoms with van der Waals surface area (Å²) in [6, 6.07) is 15.6. The Morgan fingerprint density at radius 2 is 1.68 bits per heavy atom. The number of methoxy groups -OCH3 is 4. The van der Waals surface area contributed by atoms with Crippen LogP contribution >= 0.6 is 0 Å². The second-order valence-electron chi connectivity index (χ2n) is 8.60. The van der Waals surface area contributed by atoms with Crippen molar-refractivity contribution in [2.24, 2.45) is 10.9 Å². The van der Waals surface area contributed by atoms with E-state index in [0.717, 1.165) is 10.8 Å². The van der Waals surface area contributed by atoms with Crippen molar-refractivity contribution in [2.75, 3.05) is 28.4 Å². The summed E-state index contributed by atoms with van der Waals surface area (Å²) in [4.78, 5) is 17.3. The van der Waals surface area contributed by atoms with Gasteiger partial charge in [-0.1, -0.05) is 67.7 Å². The maximum atomic E-state index is 12.5. The van der Waals surface area contributed by atoms with E-state index in [2.05, 4.69) is 25.2 Å². The quantitative estimate of drug-likeness (QED) is 0.430. The van der Waals surface area contributed by atoms with Crippen LogP contribution in [0.1, 0.15) is 24.9 Å². The van der Waals surface area contributed by atoms with E-state index in [4.69, 9.17) is 28.7 Å². The second-order valence-corrected chi connectivity index (χ2v) is 13.0. The zero-order chi connectivity index (χ0) is 24.9. The average Bonchev–Trinajstić information content (AvgIpc) is 2.87. The molecule has 0 fully saturated rings. The molecule has 34 heavy (non-hydrogen) atoms. The van der Waals surface area contributed by atoms with Gasteiger partial charge < -0.3 is 23.7 Å². The van der Waals surface area contributed by atoms with Gasteiger partial charge >= 0.3 is 12.1 Å². The molecule has 8 heteroatoms. The highest BCUT2D eigenvalue weighted by molar-refractivity contribution is 6.95. The number of benzene rings is 2. The van der Waals surface area contributed by atoms with Gasteiger partial charge in [0, 0.05) is 11.5 Å². The summed E-state index contributed by atoms with van der Waals surface area (Å²) < 4.78 is 27.9. The number of para-hydroxylation sites is 1. The smallest absolute Gasteiger partial charge is 0.389 e. The first kappa shape index (κ1) is 25.4. The normalized spacial score (nSPS) is 19.4. The summed E-state index contributed by atoms with van der Waals surface area (Å²) in [5.74, 6) is 1.40. The number of carbonyl (C=O) groups is 1. The minimum Gasteiger partial charge on any atom is -0.493 e. The molecular formula is C26H33NO6Si. The van der Waals surface area contributed by atoms with Crippen LogP contribution in [0.15, 0.2) is 64.5 Å². The lowest BCUT2D eigenvalue weighted by Gasteiger charge is -2.35. The fourth-order valence-electron chi connectivity index (χ4n) is 4.36. The number of hydrogen-bond acceptors (Lipinski definition) is 7. The predicted molar refractivity (Wildman–Crippen MR) is 134 cm³/mol. The number of carbonyl (C=O) groups excluding carboxylic acids is 1. The Balaban J connectivity index is 2.23. The van der Waals surface area contributed by atoms with Gasteiger partial charge in [0.2, 0.25) is 0 Å². The number of nitrogens with zero attached hydrogens (tertiary/aromatic N) is 1. The van der Waals surface area contributed by atoms with Gasteiger partial charge in [-0.25, -0.2) is 4.99 Å². The van der Waals surface area contributed by atoms with Crippen molar-refractivity contribution in [1.82, 2.24) is 0 Å². The molecule has 0 spiro atoms. The highest BCUT2D eigenvalue weighted by Gasteiger charge is 2.40. The van der Waals surface area contributed by atoms with Crippen LogP contribution in [0.5, 0.6) is 11.5 Å². The molecule has 2 aromatic carbocycles. The Hall–Kier alpha value is -3.26. The van der Waals surface area contributed by atoms with Crippen molar-refractivity contribution in [3.63, 3.8) is 0 Å². The third-order valence-corrected chi connectivity index (χ3v) is 10.1. The SMILES string of the molecule is COC(=O)C/C(=C1/OC(OC)=N[C@H](c2cccc(OC)c2OC)[C@@H]1C)[Si](C)(C)c1ccccc1. The summed E-state index contributed by atoms with van der Waals surface area (Å²) >= 11 is 0. The minimum absolute atomic E-state index is 0.128. The van der Waals surface area contributed by atoms with E-state index in [1.54, 1.807) is 14.2 Å². The molecule has 0 unspecified atom stereocenters. The minimum atomic E-state index is -2.34. The van der Waals surface area contributed by atoms with Crippen molar-refractivity contribution < 1.29 is 28.5 Å². The molecule has 0 radical (unpaired) electrons. The van der Waals surface area contributed by atoms with Gasteiger partial charge in [0.15, 0.2) is 11.5 Å². The van der Waals surface area contributed by atoms with Crippen LogP contribution in [0.3, 0.4) is 0 Å². The molecular weight excluding hydrogens is 450 g/mol. The Morgan fingerprint density at radius 1 is 0.971 bits per heavy atom. The summed E-state index contributed by atoms with van der Waals surface area (Å²) in [5, 5.41) is 2.13. The van der Waals surface area contributed by atoms with E-state index >= 15 is 0 Å². The zero-order valence-electron chi connectivity index (χ0n) is 20.9. The van der Waals surface area contributed by atoms with E-state index in [1.807, 2.05) is 43.3 Å². The molecule has 0 saturated carbocycles. The van der Waals surface area contributed by atoms with Crippen molar-refractivity contribution >= 4 is 25.3 Å². The van der Waals surface area contributed by atoms with Crippen molar-refractivity contribution in [2.45, 2.75) is 32.5 Å². The number of ether oxygens (including phenoxy) is 5. The fraction of sp³-hybridized carbons (Fsp3) is 0.385. The first-order valence-electron chi connectivity index (χ1n) is 11.1. The first-order chi connectivity index (χ1) is 16.3. The summed E-state index contributed by atoms with van der Waals surface area (Å²) in [5.41, 5.74) is 0.848. The predicted octanol–water partition coefficient (Wildman–Crippen LogP) is 4.39.